The molecule has 6 heteroatoms. The van der Waals surface area contributed by atoms with Crippen molar-refractivity contribution in [2.24, 2.45) is 5.73 Å². The van der Waals surface area contributed by atoms with E-state index in [1.165, 1.54) is 0 Å². The number of nitrogens with two attached hydrogens (primary N) is 1. The Kier molecular flexibility index (Phi) is 5.17. The highest BCUT2D eigenvalue weighted by molar-refractivity contribution is 6.60. The molecule has 0 saturated carbocycles. The van der Waals surface area contributed by atoms with Crippen molar-refractivity contribution >= 4 is 8.80 Å². The molecule has 1 saturated heterocycles. The Morgan fingerprint density at radius 3 is 2.27 bits per heavy atom. The Bertz CT molecular complexity index is 177. The Balaban J connectivity index is 2.24. The highest BCUT2D eigenvalue weighted by Gasteiger charge is 2.38. The summed E-state index contributed by atoms with van der Waals surface area (Å²) in [6.45, 7) is 0.856. The van der Waals surface area contributed by atoms with Crippen LogP contribution in [0.1, 0.15) is 12.8 Å². The average molecular weight is 235 g/mol. The quantitative estimate of drug-likeness (QED) is 0.486. The molecule has 0 spiro atoms. The Morgan fingerprint density at radius 1 is 1.33 bits per heavy atom. The van der Waals surface area contributed by atoms with Crippen molar-refractivity contribution in [3.63, 3.8) is 0 Å². The van der Waals surface area contributed by atoms with Crippen LogP contribution >= 0.6 is 0 Å². The fourth-order valence-electron chi connectivity index (χ4n) is 1.58. The maximum absolute atomic E-state index is 5.96. The number of ether oxygens (including phenoxy) is 1. The molecule has 1 aliphatic heterocycles. The van der Waals surface area contributed by atoms with Crippen LogP contribution in [0.3, 0.4) is 0 Å². The minimum Gasteiger partial charge on any atom is -0.377 e. The minimum atomic E-state index is -2.43. The van der Waals surface area contributed by atoms with Gasteiger partial charge in [-0.25, -0.2) is 0 Å². The summed E-state index contributed by atoms with van der Waals surface area (Å²) in [7, 11) is 2.43. The smallest absolute Gasteiger partial charge is 0.377 e. The van der Waals surface area contributed by atoms with Crippen molar-refractivity contribution in [3.8, 4) is 0 Å². The van der Waals surface area contributed by atoms with Crippen LogP contribution in [0.2, 0.25) is 6.04 Å². The first-order chi connectivity index (χ1) is 7.15. The highest BCUT2D eigenvalue weighted by Crippen LogP contribution is 2.20. The zero-order chi connectivity index (χ0) is 11.3. The van der Waals surface area contributed by atoms with Crippen molar-refractivity contribution in [1.29, 1.82) is 0 Å². The zero-order valence-electron chi connectivity index (χ0n) is 9.69. The molecule has 1 heterocycles. The first-order valence-electron chi connectivity index (χ1n) is 5.18. The maximum atomic E-state index is 5.96. The maximum Gasteiger partial charge on any atom is 0.500 e. The van der Waals surface area contributed by atoms with Gasteiger partial charge in [-0.3, -0.25) is 0 Å². The fraction of sp³-hybridized carbons (Fsp3) is 1.00. The molecule has 15 heavy (non-hydrogen) atoms. The SMILES string of the molecule is CO[Si](CCC(N)CC1CO1)(OC)OC. The van der Waals surface area contributed by atoms with E-state index in [0.29, 0.717) is 6.10 Å². The molecule has 1 aliphatic rings. The first-order valence-corrected chi connectivity index (χ1v) is 7.11. The molecule has 2 unspecified atom stereocenters. The van der Waals surface area contributed by atoms with Gasteiger partial charge in [-0.15, -0.1) is 0 Å². The van der Waals surface area contributed by atoms with Crippen LogP contribution < -0.4 is 5.73 Å². The van der Waals surface area contributed by atoms with Crippen LogP contribution in [0.25, 0.3) is 0 Å². The first kappa shape index (κ1) is 13.1. The molecule has 2 N–H and O–H groups in total. The molecular weight excluding hydrogens is 214 g/mol. The van der Waals surface area contributed by atoms with Gasteiger partial charge in [0.15, 0.2) is 0 Å². The third kappa shape index (κ3) is 4.18. The van der Waals surface area contributed by atoms with Gasteiger partial charge in [-0.1, -0.05) is 0 Å². The molecule has 0 aromatic heterocycles. The Labute approximate surface area is 92.2 Å². The summed E-state index contributed by atoms with van der Waals surface area (Å²) in [5.41, 5.74) is 5.96. The molecule has 0 radical (unpaired) electrons. The third-order valence-corrected chi connectivity index (χ3v) is 5.49. The molecule has 1 rings (SSSR count). The van der Waals surface area contributed by atoms with E-state index >= 15 is 0 Å². The lowest BCUT2D eigenvalue weighted by Gasteiger charge is -2.25. The number of epoxide rings is 1. The van der Waals surface area contributed by atoms with E-state index in [-0.39, 0.29) is 6.04 Å². The second-order valence-electron chi connectivity index (χ2n) is 3.79. The summed E-state index contributed by atoms with van der Waals surface area (Å²) in [6.07, 6.45) is 2.15. The molecule has 90 valence electrons. The third-order valence-electron chi connectivity index (χ3n) is 2.72. The van der Waals surface area contributed by atoms with Crippen molar-refractivity contribution in [2.75, 3.05) is 27.9 Å². The van der Waals surface area contributed by atoms with Crippen LogP contribution in [-0.2, 0) is 18.0 Å². The van der Waals surface area contributed by atoms with Gasteiger partial charge >= 0.3 is 8.80 Å². The Hall–Kier alpha value is 0.0169. The highest BCUT2D eigenvalue weighted by atomic mass is 28.4. The molecule has 0 aliphatic carbocycles. The molecule has 0 aromatic rings. The van der Waals surface area contributed by atoms with E-state index in [2.05, 4.69) is 0 Å². The van der Waals surface area contributed by atoms with Crippen LogP contribution in [0.15, 0.2) is 0 Å². The molecule has 0 bridgehead atoms. The number of hydrogen-bond acceptors (Lipinski definition) is 5. The molecular formula is C9H21NO4Si. The lowest BCUT2D eigenvalue weighted by Crippen LogP contribution is -2.44. The van der Waals surface area contributed by atoms with E-state index in [0.717, 1.165) is 25.5 Å². The minimum absolute atomic E-state index is 0.143. The van der Waals surface area contributed by atoms with Gasteiger partial charge in [0.2, 0.25) is 0 Å². The standard InChI is InChI=1S/C9H21NO4Si/c1-11-15(12-2,13-3)5-4-8(10)6-9-7-14-9/h8-9H,4-7,10H2,1-3H3. The summed E-state index contributed by atoms with van der Waals surface area (Å²) < 4.78 is 21.1. The molecule has 5 nitrogen and oxygen atoms in total. The Morgan fingerprint density at radius 2 is 1.87 bits per heavy atom. The monoisotopic (exact) mass is 235 g/mol. The average Bonchev–Trinajstić information content (AvgIpc) is 3.05. The van der Waals surface area contributed by atoms with Crippen molar-refractivity contribution < 1.29 is 18.0 Å². The summed E-state index contributed by atoms with van der Waals surface area (Å²) in [6, 6.07) is 0.898. The van der Waals surface area contributed by atoms with Crippen LogP contribution in [-0.4, -0.2) is 48.9 Å². The fourth-order valence-corrected chi connectivity index (χ4v) is 3.41. The molecule has 0 aromatic carbocycles. The molecule has 1 fully saturated rings. The zero-order valence-corrected chi connectivity index (χ0v) is 10.7. The van der Waals surface area contributed by atoms with E-state index in [9.17, 15) is 0 Å². The van der Waals surface area contributed by atoms with Crippen LogP contribution in [0.5, 0.6) is 0 Å². The lowest BCUT2D eigenvalue weighted by atomic mass is 10.1. The molecule has 0 amide bonds. The van der Waals surface area contributed by atoms with Crippen LogP contribution in [0, 0.1) is 0 Å². The predicted molar refractivity (Wildman–Crippen MR) is 58.5 cm³/mol. The second kappa shape index (κ2) is 5.93. The van der Waals surface area contributed by atoms with Crippen molar-refractivity contribution in [1.82, 2.24) is 0 Å². The van der Waals surface area contributed by atoms with Crippen molar-refractivity contribution in [2.45, 2.75) is 31.0 Å². The normalized spacial score (nSPS) is 22.8. The predicted octanol–water partition coefficient (Wildman–Crippen LogP) is 0.371. The second-order valence-corrected chi connectivity index (χ2v) is 6.88. The van der Waals surface area contributed by atoms with Crippen LogP contribution in [0.4, 0.5) is 0 Å². The molecule has 2 atom stereocenters. The van der Waals surface area contributed by atoms with Gasteiger partial charge in [0, 0.05) is 33.4 Å². The van der Waals surface area contributed by atoms with Gasteiger partial charge in [0.25, 0.3) is 0 Å². The number of rotatable bonds is 8. The summed E-state index contributed by atoms with van der Waals surface area (Å²) in [4.78, 5) is 0. The van der Waals surface area contributed by atoms with Gasteiger partial charge in [0.1, 0.15) is 0 Å². The van der Waals surface area contributed by atoms with E-state index in [4.69, 9.17) is 23.7 Å². The number of hydrogen-bond donors (Lipinski definition) is 1. The van der Waals surface area contributed by atoms with Crippen molar-refractivity contribution in [3.05, 3.63) is 0 Å². The lowest BCUT2D eigenvalue weighted by molar-refractivity contribution is 0.122. The van der Waals surface area contributed by atoms with E-state index < -0.39 is 8.80 Å². The summed E-state index contributed by atoms with van der Waals surface area (Å²) >= 11 is 0. The van der Waals surface area contributed by atoms with Gasteiger partial charge < -0.3 is 23.7 Å². The summed E-state index contributed by atoms with van der Waals surface area (Å²) in [5.74, 6) is 0. The van der Waals surface area contributed by atoms with Gasteiger partial charge in [-0.2, -0.15) is 0 Å². The summed E-state index contributed by atoms with van der Waals surface area (Å²) in [5, 5.41) is 0. The van der Waals surface area contributed by atoms with Gasteiger partial charge in [-0.05, 0) is 12.8 Å². The van der Waals surface area contributed by atoms with E-state index in [1.807, 2.05) is 0 Å². The topological polar surface area (TPSA) is 66.2 Å². The largest absolute Gasteiger partial charge is 0.500 e. The van der Waals surface area contributed by atoms with Gasteiger partial charge in [0.05, 0.1) is 12.7 Å². The van der Waals surface area contributed by atoms with E-state index in [1.54, 1.807) is 21.3 Å².